The Labute approximate surface area is 158 Å². The molecule has 1 aliphatic rings. The van der Waals surface area contributed by atoms with Gasteiger partial charge >= 0.3 is 0 Å². The molecule has 1 nitrogen and oxygen atoms in total. The van der Waals surface area contributed by atoms with Crippen LogP contribution in [0.1, 0.15) is 22.7 Å². The molecule has 0 aromatic heterocycles. The van der Waals surface area contributed by atoms with E-state index in [0.29, 0.717) is 6.04 Å². The van der Waals surface area contributed by atoms with Gasteiger partial charge in [0.05, 0.1) is 0 Å². The average Bonchev–Trinajstić information content (AvgIpc) is 2.79. The van der Waals surface area contributed by atoms with Gasteiger partial charge in [0.15, 0.2) is 0 Å². The maximum absolute atomic E-state index is 6.24. The minimum atomic E-state index is 0.312. The molecular weight excluding hydrogens is 346 g/mol. The third kappa shape index (κ3) is 3.92. The number of rotatable bonds is 4. The smallest absolute Gasteiger partial charge is 0.0409 e. The third-order valence-corrected chi connectivity index (χ3v) is 6.05. The number of halogens is 1. The van der Waals surface area contributed by atoms with Gasteiger partial charge in [0.25, 0.3) is 0 Å². The maximum Gasteiger partial charge on any atom is 0.0409 e. The summed E-state index contributed by atoms with van der Waals surface area (Å²) in [6.45, 7) is 0.962. The molecule has 0 amide bonds. The van der Waals surface area contributed by atoms with Crippen molar-refractivity contribution in [2.45, 2.75) is 28.7 Å². The van der Waals surface area contributed by atoms with Crippen LogP contribution in [0.5, 0.6) is 0 Å². The van der Waals surface area contributed by atoms with Crippen molar-refractivity contribution in [2.24, 2.45) is 0 Å². The van der Waals surface area contributed by atoms with Crippen LogP contribution in [0.15, 0.2) is 82.6 Å². The van der Waals surface area contributed by atoms with Crippen molar-refractivity contribution < 1.29 is 0 Å². The lowest BCUT2D eigenvalue weighted by Gasteiger charge is -2.19. The Morgan fingerprint density at radius 1 is 0.920 bits per heavy atom. The lowest BCUT2D eigenvalue weighted by molar-refractivity contribution is 0.526. The van der Waals surface area contributed by atoms with E-state index in [9.17, 15) is 0 Å². The van der Waals surface area contributed by atoms with Gasteiger partial charge < -0.3 is 5.32 Å². The highest BCUT2D eigenvalue weighted by Gasteiger charge is 2.22. The first-order valence-electron chi connectivity index (χ1n) is 8.62. The summed E-state index contributed by atoms with van der Waals surface area (Å²) in [6, 6.07) is 25.9. The Hall–Kier alpha value is -1.74. The van der Waals surface area contributed by atoms with Crippen LogP contribution in [0.25, 0.3) is 0 Å². The largest absolute Gasteiger partial charge is 0.309 e. The standard InChI is InChI=1S/C22H20ClNS/c23-18-10-11-21-17(14-18)15-20(19-8-4-5-9-22(19)25-21)24-13-12-16-6-2-1-3-7-16/h1-11,14,20,24H,12-13,15H2/t20-/m1/s1. The zero-order valence-corrected chi connectivity index (χ0v) is 15.5. The Balaban J connectivity index is 1.57. The van der Waals surface area contributed by atoms with Gasteiger partial charge in [-0.3, -0.25) is 0 Å². The minimum Gasteiger partial charge on any atom is -0.309 e. The van der Waals surface area contributed by atoms with Crippen molar-refractivity contribution in [3.05, 3.63) is 94.5 Å². The Bertz CT molecular complexity index is 863. The lowest BCUT2D eigenvalue weighted by atomic mass is 9.98. The number of hydrogen-bond acceptors (Lipinski definition) is 2. The fraction of sp³-hybridized carbons (Fsp3) is 0.182. The van der Waals surface area contributed by atoms with Gasteiger partial charge in [-0.15, -0.1) is 0 Å². The molecule has 1 N–H and O–H groups in total. The highest BCUT2D eigenvalue weighted by atomic mass is 35.5. The maximum atomic E-state index is 6.24. The van der Waals surface area contributed by atoms with Gasteiger partial charge in [-0.25, -0.2) is 0 Å². The molecule has 1 aliphatic heterocycles. The molecule has 1 atom stereocenters. The van der Waals surface area contributed by atoms with Gasteiger partial charge in [0.1, 0.15) is 0 Å². The molecule has 126 valence electrons. The van der Waals surface area contributed by atoms with E-state index in [2.05, 4.69) is 72.0 Å². The second kappa shape index (κ2) is 7.65. The molecule has 3 heteroatoms. The molecule has 0 unspecified atom stereocenters. The summed E-state index contributed by atoms with van der Waals surface area (Å²) in [4.78, 5) is 2.64. The molecule has 0 bridgehead atoms. The Morgan fingerprint density at radius 3 is 2.60 bits per heavy atom. The van der Waals surface area contributed by atoms with Crippen LogP contribution in [-0.4, -0.2) is 6.54 Å². The van der Waals surface area contributed by atoms with Crippen LogP contribution in [0, 0.1) is 0 Å². The third-order valence-electron chi connectivity index (χ3n) is 4.61. The zero-order chi connectivity index (χ0) is 17.1. The van der Waals surface area contributed by atoms with Crippen LogP contribution in [0.2, 0.25) is 5.02 Å². The molecule has 3 aromatic carbocycles. The van der Waals surface area contributed by atoms with Gasteiger partial charge in [-0.2, -0.15) is 0 Å². The van der Waals surface area contributed by atoms with Crippen LogP contribution in [0.4, 0.5) is 0 Å². The minimum absolute atomic E-state index is 0.312. The van der Waals surface area contributed by atoms with Crippen molar-refractivity contribution in [1.82, 2.24) is 5.32 Å². The molecular formula is C22H20ClNS. The number of nitrogens with one attached hydrogen (secondary N) is 1. The second-order valence-electron chi connectivity index (χ2n) is 6.34. The van der Waals surface area contributed by atoms with E-state index >= 15 is 0 Å². The Kier molecular flexibility index (Phi) is 5.12. The van der Waals surface area contributed by atoms with E-state index < -0.39 is 0 Å². The quantitative estimate of drug-likeness (QED) is 0.615. The number of fused-ring (bicyclic) bond motifs is 2. The molecule has 0 saturated carbocycles. The average molecular weight is 366 g/mol. The highest BCUT2D eigenvalue weighted by Crippen LogP contribution is 2.41. The SMILES string of the molecule is Clc1ccc2c(c1)C[C@@H](NCCc1ccccc1)c1ccccc1S2. The summed E-state index contributed by atoms with van der Waals surface area (Å²) in [5.41, 5.74) is 4.08. The van der Waals surface area contributed by atoms with E-state index in [1.165, 1.54) is 26.5 Å². The Morgan fingerprint density at radius 2 is 1.72 bits per heavy atom. The molecule has 1 heterocycles. The number of hydrogen-bond donors (Lipinski definition) is 1. The lowest BCUT2D eigenvalue weighted by Crippen LogP contribution is -2.25. The first-order chi connectivity index (χ1) is 12.3. The van der Waals surface area contributed by atoms with Crippen molar-refractivity contribution in [3.63, 3.8) is 0 Å². The predicted octanol–water partition coefficient (Wildman–Crippen LogP) is 5.92. The molecule has 0 saturated heterocycles. The monoisotopic (exact) mass is 365 g/mol. The predicted molar refractivity (Wildman–Crippen MR) is 107 cm³/mol. The van der Waals surface area contributed by atoms with Gasteiger partial charge in [0, 0.05) is 20.9 Å². The van der Waals surface area contributed by atoms with E-state index in [0.717, 1.165) is 24.4 Å². The van der Waals surface area contributed by atoms with Crippen molar-refractivity contribution in [1.29, 1.82) is 0 Å². The summed E-state index contributed by atoms with van der Waals surface area (Å²) in [5, 5.41) is 4.58. The molecule has 0 spiro atoms. The summed E-state index contributed by atoms with van der Waals surface area (Å²) in [6.07, 6.45) is 2.00. The number of benzene rings is 3. The molecule has 4 rings (SSSR count). The van der Waals surface area contributed by atoms with E-state index in [1.807, 2.05) is 17.8 Å². The van der Waals surface area contributed by atoms with Gasteiger partial charge in [-0.1, -0.05) is 71.9 Å². The van der Waals surface area contributed by atoms with Crippen LogP contribution < -0.4 is 5.32 Å². The van der Waals surface area contributed by atoms with E-state index in [-0.39, 0.29) is 0 Å². The fourth-order valence-electron chi connectivity index (χ4n) is 3.33. The summed E-state index contributed by atoms with van der Waals surface area (Å²) >= 11 is 8.09. The van der Waals surface area contributed by atoms with Gasteiger partial charge in [0.2, 0.25) is 0 Å². The highest BCUT2D eigenvalue weighted by molar-refractivity contribution is 7.99. The molecule has 0 aliphatic carbocycles. The van der Waals surface area contributed by atoms with Crippen molar-refractivity contribution in [3.8, 4) is 0 Å². The molecule has 25 heavy (non-hydrogen) atoms. The van der Waals surface area contributed by atoms with Crippen LogP contribution in [-0.2, 0) is 12.8 Å². The zero-order valence-electron chi connectivity index (χ0n) is 13.9. The molecule has 3 aromatic rings. The van der Waals surface area contributed by atoms with Crippen molar-refractivity contribution >= 4 is 23.4 Å². The normalized spacial score (nSPS) is 16.0. The summed E-state index contributed by atoms with van der Waals surface area (Å²) < 4.78 is 0. The summed E-state index contributed by atoms with van der Waals surface area (Å²) in [7, 11) is 0. The molecule has 0 radical (unpaired) electrons. The topological polar surface area (TPSA) is 12.0 Å². The first-order valence-corrected chi connectivity index (χ1v) is 9.81. The van der Waals surface area contributed by atoms with Gasteiger partial charge in [-0.05, 0) is 60.3 Å². The van der Waals surface area contributed by atoms with E-state index in [1.54, 1.807) is 0 Å². The van der Waals surface area contributed by atoms with Crippen LogP contribution >= 0.6 is 23.4 Å². The summed E-state index contributed by atoms with van der Waals surface area (Å²) in [5.74, 6) is 0. The van der Waals surface area contributed by atoms with E-state index in [4.69, 9.17) is 11.6 Å². The fourth-order valence-corrected chi connectivity index (χ4v) is 4.65. The van der Waals surface area contributed by atoms with Crippen LogP contribution in [0.3, 0.4) is 0 Å². The second-order valence-corrected chi connectivity index (χ2v) is 7.86. The molecule has 0 fully saturated rings. The first kappa shape index (κ1) is 16.7. The van der Waals surface area contributed by atoms with Crippen molar-refractivity contribution in [2.75, 3.05) is 6.54 Å².